The van der Waals surface area contributed by atoms with Crippen molar-refractivity contribution in [1.29, 1.82) is 10.5 Å². The molecule has 0 N–H and O–H groups in total. The zero-order chi connectivity index (χ0) is 56.8. The average Bonchev–Trinajstić information content (AvgIpc) is 3.37. The second-order valence-electron chi connectivity index (χ2n) is 19.0. The van der Waals surface area contributed by atoms with Crippen molar-refractivity contribution < 1.29 is 28.8 Å². The number of halogens is 3. The Labute approximate surface area is 459 Å². The predicted octanol–water partition coefficient (Wildman–Crippen LogP) is 16.3. The van der Waals surface area contributed by atoms with Crippen molar-refractivity contribution >= 4 is 75.2 Å². The minimum atomic E-state index is -0.292. The first-order valence-electron chi connectivity index (χ1n) is 24.1. The Balaban J connectivity index is 0.000000451. The molecule has 0 saturated carbocycles. The molecular formula is C63H66Cl3N3O6. The molecule has 0 aliphatic carbocycles. The highest BCUT2D eigenvalue weighted by molar-refractivity contribution is 6.31. The second kappa shape index (κ2) is 34.2. The van der Waals surface area contributed by atoms with Crippen LogP contribution in [0.15, 0.2) is 146 Å². The van der Waals surface area contributed by atoms with Gasteiger partial charge in [0.05, 0.1) is 29.8 Å². The molecule has 0 aliphatic rings. The SMILES string of the molecule is CC(=O)Cc1ccc(Cl)cc1.CC(=O)Cc1cccc(Cl)c1.CC(C)(C)C(=O)Cc1ccccc1Cl.CC(C)C(=O)c1cccc(C#N)c1.CC(C)C(=O)c1ccccc1C#N.[C-]#[N+]c1ccc(C(=O)C(C)C)cc1. The maximum atomic E-state index is 11.7. The van der Waals surface area contributed by atoms with E-state index in [1.165, 1.54) is 0 Å². The van der Waals surface area contributed by atoms with Gasteiger partial charge in [0.2, 0.25) is 0 Å². The Morgan fingerprint density at radius 3 is 1.55 bits per heavy atom. The maximum Gasteiger partial charge on any atom is 0.187 e. The highest BCUT2D eigenvalue weighted by Crippen LogP contribution is 2.22. The van der Waals surface area contributed by atoms with E-state index in [2.05, 4.69) is 4.85 Å². The highest BCUT2D eigenvalue weighted by atomic mass is 35.5. The molecule has 0 unspecified atom stereocenters. The van der Waals surface area contributed by atoms with Gasteiger partial charge in [0.25, 0.3) is 0 Å². The van der Waals surface area contributed by atoms with Gasteiger partial charge in [0.1, 0.15) is 17.3 Å². The number of nitrogens with zero attached hydrogens (tertiary/aromatic N) is 3. The summed E-state index contributed by atoms with van der Waals surface area (Å²) in [6.07, 6.45) is 1.39. The lowest BCUT2D eigenvalue weighted by atomic mass is 9.87. The minimum Gasteiger partial charge on any atom is -0.300 e. The minimum absolute atomic E-state index is 0.0128. The van der Waals surface area contributed by atoms with Crippen molar-refractivity contribution in [2.45, 2.75) is 95.4 Å². The maximum absolute atomic E-state index is 11.7. The molecule has 0 radical (unpaired) electrons. The van der Waals surface area contributed by atoms with Gasteiger partial charge in [0, 0.05) is 74.2 Å². The van der Waals surface area contributed by atoms with E-state index in [0.29, 0.717) is 67.8 Å². The number of hydrogen-bond donors (Lipinski definition) is 0. The number of carbonyl (C=O) groups excluding carboxylic acids is 6. The van der Waals surface area contributed by atoms with Crippen molar-refractivity contribution in [2.24, 2.45) is 23.2 Å². The molecule has 0 fully saturated rings. The summed E-state index contributed by atoms with van der Waals surface area (Å²) in [4.78, 5) is 70.9. The Kier molecular flexibility index (Phi) is 30.0. The number of carbonyl (C=O) groups is 6. The molecule has 0 heterocycles. The highest BCUT2D eigenvalue weighted by Gasteiger charge is 2.22. The fraction of sp³-hybridized carbons (Fsp3) is 0.286. The van der Waals surface area contributed by atoms with Crippen molar-refractivity contribution in [3.05, 3.63) is 217 Å². The summed E-state index contributed by atoms with van der Waals surface area (Å²) in [6.45, 7) is 26.8. The van der Waals surface area contributed by atoms with Crippen LogP contribution in [0, 0.1) is 52.4 Å². The molecule has 6 aromatic rings. The third-order valence-electron chi connectivity index (χ3n) is 10.3. The van der Waals surface area contributed by atoms with Crippen LogP contribution in [0.3, 0.4) is 0 Å². The lowest BCUT2D eigenvalue weighted by Crippen LogP contribution is -2.22. The molecule has 75 heavy (non-hydrogen) atoms. The largest absolute Gasteiger partial charge is 0.300 e. The molecular weight excluding hydrogens is 1000 g/mol. The van der Waals surface area contributed by atoms with Gasteiger partial charge in [-0.25, -0.2) is 4.85 Å². The molecule has 390 valence electrons. The van der Waals surface area contributed by atoms with Gasteiger partial charge in [-0.3, -0.25) is 28.8 Å². The van der Waals surface area contributed by atoms with Gasteiger partial charge in [-0.05, 0) is 79.1 Å². The van der Waals surface area contributed by atoms with Crippen molar-refractivity contribution in [3.63, 3.8) is 0 Å². The Morgan fingerprint density at radius 2 is 1.05 bits per heavy atom. The third-order valence-corrected chi connectivity index (χ3v) is 11.2. The van der Waals surface area contributed by atoms with Crippen LogP contribution in [-0.2, 0) is 33.6 Å². The average molecular weight is 1070 g/mol. The second-order valence-corrected chi connectivity index (χ2v) is 20.3. The predicted molar refractivity (Wildman–Crippen MR) is 304 cm³/mol. The van der Waals surface area contributed by atoms with E-state index in [1.54, 1.807) is 105 Å². The van der Waals surface area contributed by atoms with Crippen molar-refractivity contribution in [3.8, 4) is 12.1 Å². The van der Waals surface area contributed by atoms with Crippen LogP contribution in [0.4, 0.5) is 5.69 Å². The molecule has 0 bridgehead atoms. The molecule has 0 aromatic heterocycles. The number of ketones is 6. The first kappa shape index (κ1) is 65.7. The van der Waals surface area contributed by atoms with Crippen LogP contribution in [0.5, 0.6) is 0 Å². The van der Waals surface area contributed by atoms with E-state index in [0.717, 1.165) is 16.7 Å². The molecule has 0 atom stereocenters. The van der Waals surface area contributed by atoms with Crippen LogP contribution in [0.1, 0.15) is 135 Å². The number of hydrogen-bond acceptors (Lipinski definition) is 8. The van der Waals surface area contributed by atoms with E-state index in [4.69, 9.17) is 51.9 Å². The van der Waals surface area contributed by atoms with Gasteiger partial charge in [-0.15, -0.1) is 0 Å². The Hall–Kier alpha value is -7.32. The lowest BCUT2D eigenvalue weighted by Gasteiger charge is -2.16. The molecule has 0 spiro atoms. The van der Waals surface area contributed by atoms with Crippen LogP contribution in [0.25, 0.3) is 4.85 Å². The summed E-state index contributed by atoms with van der Waals surface area (Å²) in [5.41, 5.74) is 6.00. The smallest absolute Gasteiger partial charge is 0.187 e. The fourth-order valence-electron chi connectivity index (χ4n) is 6.12. The zero-order valence-corrected chi connectivity index (χ0v) is 46.9. The van der Waals surface area contributed by atoms with Crippen LogP contribution in [0.2, 0.25) is 15.1 Å². The quantitative estimate of drug-likeness (QED) is 0.0867. The molecule has 6 aromatic carbocycles. The summed E-state index contributed by atoms with van der Waals surface area (Å²) in [7, 11) is 0. The van der Waals surface area contributed by atoms with Crippen molar-refractivity contribution in [2.75, 3.05) is 0 Å². The van der Waals surface area contributed by atoms with Gasteiger partial charge in [0.15, 0.2) is 23.0 Å². The van der Waals surface area contributed by atoms with E-state index >= 15 is 0 Å². The number of Topliss-reactive ketones (excluding diaryl/α,β-unsaturated/α-hetero) is 6. The molecule has 9 nitrogen and oxygen atoms in total. The van der Waals surface area contributed by atoms with Gasteiger partial charge in [-0.2, -0.15) is 10.5 Å². The molecule has 6 rings (SSSR count). The van der Waals surface area contributed by atoms with Gasteiger partial charge >= 0.3 is 0 Å². The topological polar surface area (TPSA) is 154 Å². The van der Waals surface area contributed by atoms with Crippen LogP contribution in [-0.4, -0.2) is 34.7 Å². The molecule has 0 amide bonds. The van der Waals surface area contributed by atoms with Gasteiger partial charge in [-0.1, -0.05) is 194 Å². The summed E-state index contributed by atoms with van der Waals surface area (Å²) in [6, 6.07) is 46.6. The fourth-order valence-corrected chi connectivity index (χ4v) is 6.66. The zero-order valence-electron chi connectivity index (χ0n) is 44.6. The first-order valence-corrected chi connectivity index (χ1v) is 25.2. The van der Waals surface area contributed by atoms with Crippen LogP contribution >= 0.6 is 34.8 Å². The molecule has 0 aliphatic heterocycles. The molecule has 12 heteroatoms. The Bertz CT molecular complexity index is 2970. The summed E-state index contributed by atoms with van der Waals surface area (Å²) < 4.78 is 0. The number of rotatable bonds is 12. The third kappa shape index (κ3) is 26.5. The van der Waals surface area contributed by atoms with E-state index in [-0.39, 0.29) is 57.9 Å². The standard InChI is InChI=1S/C12H15ClO.3C11H11NO.2C9H9ClO/c1-12(2,3)11(14)8-9-6-4-5-7-10(9)13;1-8(2)11(13)9-4-6-10(12-3)7-5-9;1-8(2)11(13)10-5-3-4-9(6-10)7-12;1-8(2)11(13)10-6-4-3-5-9(10)7-12;1-7(11)6-8-2-4-9(10)5-3-8;1-7(11)5-8-3-2-4-9(10)6-8/h4-7H,8H2,1-3H3;4-8H,1-2H3;2*3-6,8H,1-2H3;2-5H,6H2,1H3;2-4,6H,5H2,1H3. The van der Waals surface area contributed by atoms with E-state index in [9.17, 15) is 28.8 Å². The number of benzene rings is 6. The van der Waals surface area contributed by atoms with E-state index < -0.39 is 0 Å². The first-order chi connectivity index (χ1) is 35.2. The summed E-state index contributed by atoms with van der Waals surface area (Å²) >= 11 is 17.3. The number of nitriles is 2. The summed E-state index contributed by atoms with van der Waals surface area (Å²) in [5.74, 6) is 0.707. The van der Waals surface area contributed by atoms with Crippen molar-refractivity contribution in [1.82, 2.24) is 0 Å². The van der Waals surface area contributed by atoms with Gasteiger partial charge < -0.3 is 0 Å². The lowest BCUT2D eigenvalue weighted by molar-refractivity contribution is -0.125. The molecule has 0 saturated heterocycles. The Morgan fingerprint density at radius 1 is 0.533 bits per heavy atom. The normalized spacial score (nSPS) is 10.0. The summed E-state index contributed by atoms with van der Waals surface area (Å²) in [5, 5.41) is 19.4. The van der Waals surface area contributed by atoms with Crippen LogP contribution < -0.4 is 0 Å². The van der Waals surface area contributed by atoms with E-state index in [1.807, 2.05) is 129 Å². The monoisotopic (exact) mass is 1070 g/mol.